The lowest BCUT2D eigenvalue weighted by atomic mass is 9.87. The third-order valence-electron chi connectivity index (χ3n) is 5.09. The van der Waals surface area contributed by atoms with E-state index in [0.29, 0.717) is 12.8 Å². The summed E-state index contributed by atoms with van der Waals surface area (Å²) in [5, 5.41) is 4.00. The van der Waals surface area contributed by atoms with Crippen LogP contribution in [0.25, 0.3) is 0 Å². The van der Waals surface area contributed by atoms with Crippen molar-refractivity contribution in [2.24, 2.45) is 0 Å². The number of hydrogen-bond acceptors (Lipinski definition) is 3. The van der Waals surface area contributed by atoms with Gasteiger partial charge in [-0.2, -0.15) is 5.10 Å². The van der Waals surface area contributed by atoms with Crippen molar-refractivity contribution >= 4 is 8.32 Å². The van der Waals surface area contributed by atoms with Gasteiger partial charge < -0.3 is 4.43 Å². The molecule has 0 N–H and O–H groups in total. The molecule has 0 bridgehead atoms. The normalized spacial score (nSPS) is 15.4. The number of rotatable bonds is 7. The highest BCUT2D eigenvalue weighted by Gasteiger charge is 2.50. The molecule has 1 aromatic heterocycles. The molecule has 0 saturated heterocycles. The summed E-state index contributed by atoms with van der Waals surface area (Å²) in [6.45, 7) is 14.0. The van der Waals surface area contributed by atoms with Gasteiger partial charge in [0, 0.05) is 0 Å². The Balaban J connectivity index is 3.28. The lowest BCUT2D eigenvalue weighted by Gasteiger charge is -2.46. The predicted molar refractivity (Wildman–Crippen MR) is 86.7 cm³/mol. The zero-order valence-corrected chi connectivity index (χ0v) is 15.7. The van der Waals surface area contributed by atoms with Gasteiger partial charge in [0.1, 0.15) is 18.8 Å². The fourth-order valence-electron chi connectivity index (χ4n) is 2.43. The number of nitrogens with zero attached hydrogens (tertiary/aromatic N) is 3. The van der Waals surface area contributed by atoms with Crippen LogP contribution in [0, 0.1) is 0 Å². The molecule has 1 unspecified atom stereocenters. The van der Waals surface area contributed by atoms with Crippen LogP contribution in [0.5, 0.6) is 0 Å². The number of alkyl halides is 2. The molecule has 4 nitrogen and oxygen atoms in total. The Bertz CT molecular complexity index is 454. The average molecular weight is 333 g/mol. The fourth-order valence-corrected chi connectivity index (χ4v) is 3.75. The highest BCUT2D eigenvalue weighted by atomic mass is 28.4. The molecule has 128 valence electrons. The van der Waals surface area contributed by atoms with Gasteiger partial charge in [-0.25, -0.2) is 18.4 Å². The summed E-state index contributed by atoms with van der Waals surface area (Å²) in [4.78, 5) is 3.93. The van der Waals surface area contributed by atoms with Gasteiger partial charge in [-0.3, -0.25) is 0 Å². The molecule has 22 heavy (non-hydrogen) atoms. The molecule has 0 amide bonds. The summed E-state index contributed by atoms with van der Waals surface area (Å²) in [6.07, 6.45) is 0.155. The Hall–Kier alpha value is -0.823. The lowest BCUT2D eigenvalue weighted by molar-refractivity contribution is -0.0764. The van der Waals surface area contributed by atoms with Crippen molar-refractivity contribution in [3.8, 4) is 0 Å². The van der Waals surface area contributed by atoms with Gasteiger partial charge in [-0.05, 0) is 31.0 Å². The topological polar surface area (TPSA) is 39.9 Å². The molecule has 1 aromatic rings. The van der Waals surface area contributed by atoms with Crippen LogP contribution < -0.4 is 0 Å². The molecule has 1 atom stereocenters. The van der Waals surface area contributed by atoms with Gasteiger partial charge in [-0.15, -0.1) is 0 Å². The van der Waals surface area contributed by atoms with E-state index in [4.69, 9.17) is 4.43 Å². The van der Waals surface area contributed by atoms with Crippen molar-refractivity contribution in [2.75, 3.05) is 0 Å². The van der Waals surface area contributed by atoms with E-state index in [0.717, 1.165) is 0 Å². The van der Waals surface area contributed by atoms with Crippen LogP contribution in [-0.4, -0.2) is 35.6 Å². The van der Waals surface area contributed by atoms with Crippen molar-refractivity contribution in [3.05, 3.63) is 12.7 Å². The summed E-state index contributed by atoms with van der Waals surface area (Å²) in [6, 6.07) is 0. The quantitative estimate of drug-likeness (QED) is 0.692. The minimum Gasteiger partial charge on any atom is -0.406 e. The Morgan fingerprint density at radius 1 is 1.18 bits per heavy atom. The van der Waals surface area contributed by atoms with Gasteiger partial charge in [0.15, 0.2) is 8.32 Å². The summed E-state index contributed by atoms with van der Waals surface area (Å²) in [5.41, 5.74) is -0.875. The van der Waals surface area contributed by atoms with Gasteiger partial charge in [0.2, 0.25) is 0 Å². The van der Waals surface area contributed by atoms with Crippen LogP contribution in [0.3, 0.4) is 0 Å². The highest BCUT2D eigenvalue weighted by Crippen LogP contribution is 2.42. The molecule has 0 saturated carbocycles. The molecule has 0 aromatic carbocycles. The average Bonchev–Trinajstić information content (AvgIpc) is 2.92. The SMILES string of the molecule is CCC(CC)(C(O[Si](C)(C)C(C)(C)C)C(F)F)n1cncn1. The van der Waals surface area contributed by atoms with E-state index >= 15 is 0 Å². The largest absolute Gasteiger partial charge is 0.406 e. The van der Waals surface area contributed by atoms with Crippen LogP contribution in [0.4, 0.5) is 8.78 Å². The zero-order valence-electron chi connectivity index (χ0n) is 14.7. The van der Waals surface area contributed by atoms with E-state index in [-0.39, 0.29) is 5.04 Å². The van der Waals surface area contributed by atoms with Crippen molar-refractivity contribution < 1.29 is 13.2 Å². The Morgan fingerprint density at radius 2 is 1.73 bits per heavy atom. The van der Waals surface area contributed by atoms with Crippen molar-refractivity contribution in [1.29, 1.82) is 0 Å². The maximum Gasteiger partial charge on any atom is 0.265 e. The molecule has 7 heteroatoms. The second kappa shape index (κ2) is 6.74. The first-order valence-corrected chi connectivity index (χ1v) is 10.7. The molecule has 0 aliphatic heterocycles. The van der Waals surface area contributed by atoms with E-state index in [9.17, 15) is 8.78 Å². The van der Waals surface area contributed by atoms with E-state index in [1.54, 1.807) is 4.68 Å². The third-order valence-corrected chi connectivity index (χ3v) is 9.54. The maximum absolute atomic E-state index is 13.9. The first-order valence-electron chi connectivity index (χ1n) is 7.83. The molecule has 0 radical (unpaired) electrons. The second-order valence-electron chi connectivity index (χ2n) is 7.28. The fraction of sp³-hybridized carbons (Fsp3) is 0.867. The second-order valence-corrected chi connectivity index (χ2v) is 12.0. The standard InChI is InChI=1S/C15H29F2N3OSi/c1-8-15(9-2,20-11-18-10-19-20)12(13(16)17)21-22(6,7)14(3,4)5/h10-13H,8-9H2,1-7H3. The number of hydrogen-bond donors (Lipinski definition) is 0. The first-order chi connectivity index (χ1) is 10.0. The Kier molecular flexibility index (Phi) is 5.89. The zero-order chi connectivity index (χ0) is 17.2. The first kappa shape index (κ1) is 19.2. The smallest absolute Gasteiger partial charge is 0.265 e. The van der Waals surface area contributed by atoms with Gasteiger partial charge in [-0.1, -0.05) is 34.6 Å². The van der Waals surface area contributed by atoms with Crippen LogP contribution in [-0.2, 0) is 9.96 Å². The molecular weight excluding hydrogens is 304 g/mol. The van der Waals surface area contributed by atoms with Crippen molar-refractivity contribution in [1.82, 2.24) is 14.8 Å². The lowest BCUT2D eigenvalue weighted by Crippen LogP contribution is -2.56. The van der Waals surface area contributed by atoms with Gasteiger partial charge in [0.05, 0.1) is 5.54 Å². The molecule has 1 rings (SSSR count). The molecular formula is C15H29F2N3OSi. The van der Waals surface area contributed by atoms with Crippen molar-refractivity contribution in [2.45, 2.75) is 83.7 Å². The van der Waals surface area contributed by atoms with E-state index < -0.39 is 26.4 Å². The highest BCUT2D eigenvalue weighted by molar-refractivity contribution is 6.74. The minimum absolute atomic E-state index is 0.129. The Morgan fingerprint density at radius 3 is 2.05 bits per heavy atom. The molecule has 0 spiro atoms. The van der Waals surface area contributed by atoms with Crippen LogP contribution >= 0.6 is 0 Å². The van der Waals surface area contributed by atoms with Crippen LogP contribution in [0.1, 0.15) is 47.5 Å². The van der Waals surface area contributed by atoms with E-state index in [1.807, 2.05) is 26.9 Å². The predicted octanol–water partition coefficient (Wildman–Crippen LogP) is 4.45. The molecule has 0 aliphatic rings. The number of aromatic nitrogens is 3. The molecule has 1 heterocycles. The maximum atomic E-state index is 13.9. The van der Waals surface area contributed by atoms with Gasteiger partial charge in [0.25, 0.3) is 6.43 Å². The minimum atomic E-state index is -2.57. The van der Waals surface area contributed by atoms with E-state index in [2.05, 4.69) is 30.9 Å². The monoisotopic (exact) mass is 333 g/mol. The van der Waals surface area contributed by atoms with Crippen LogP contribution in [0.2, 0.25) is 18.1 Å². The number of halogens is 2. The summed E-state index contributed by atoms with van der Waals surface area (Å²) in [5.74, 6) is 0. The Labute approximate surface area is 133 Å². The molecule has 0 fully saturated rings. The van der Waals surface area contributed by atoms with E-state index in [1.165, 1.54) is 12.7 Å². The van der Waals surface area contributed by atoms with Gasteiger partial charge >= 0.3 is 0 Å². The van der Waals surface area contributed by atoms with Crippen LogP contribution in [0.15, 0.2) is 12.7 Å². The summed E-state index contributed by atoms with van der Waals surface area (Å²) >= 11 is 0. The van der Waals surface area contributed by atoms with Crippen molar-refractivity contribution in [3.63, 3.8) is 0 Å². The molecule has 0 aliphatic carbocycles. The third kappa shape index (κ3) is 3.56. The summed E-state index contributed by atoms with van der Waals surface area (Å²) in [7, 11) is -2.33. The summed E-state index contributed by atoms with van der Waals surface area (Å²) < 4.78 is 35.5.